The second kappa shape index (κ2) is 40.4. The molecule has 0 aromatic carbocycles. The summed E-state index contributed by atoms with van der Waals surface area (Å²) in [6, 6.07) is 0. The Morgan fingerprint density at radius 2 is 0.536 bits per heavy atom. The van der Waals surface area contributed by atoms with Crippen molar-refractivity contribution in [1.29, 1.82) is 0 Å². The van der Waals surface area contributed by atoms with Crippen molar-refractivity contribution < 1.29 is 38.1 Å². The minimum absolute atomic E-state index is 0.255. The molecule has 56 heavy (non-hydrogen) atoms. The average molecular weight is 952 g/mol. The molecule has 0 aliphatic heterocycles. The van der Waals surface area contributed by atoms with E-state index in [-0.39, 0.29) is 28.0 Å². The molecule has 0 aliphatic carbocycles. The van der Waals surface area contributed by atoms with Crippen molar-refractivity contribution in [2.75, 3.05) is 118 Å². The molecule has 0 amide bonds. The topological polar surface area (TPSA) is 105 Å². The molecule has 324 valence electrons. The van der Waals surface area contributed by atoms with Gasteiger partial charge in [0, 0.05) is 114 Å². The van der Waals surface area contributed by atoms with E-state index in [0.29, 0.717) is 48.7 Å². The first-order chi connectivity index (χ1) is 26.6. The van der Waals surface area contributed by atoms with Gasteiger partial charge in [-0.25, -0.2) is 19.2 Å². The molecular weight excluding hydrogens is 885 g/mol. The molecule has 0 radical (unpaired) electrons. The molecule has 0 spiro atoms. The van der Waals surface area contributed by atoms with Crippen molar-refractivity contribution in [3.63, 3.8) is 0 Å². The lowest BCUT2D eigenvalue weighted by Gasteiger charge is -2.23. The molecule has 0 saturated heterocycles. The van der Waals surface area contributed by atoms with E-state index in [4.69, 9.17) is 18.9 Å². The van der Waals surface area contributed by atoms with Gasteiger partial charge in [0.05, 0.1) is 4.08 Å². The zero-order valence-corrected chi connectivity index (χ0v) is 41.8. The van der Waals surface area contributed by atoms with Crippen molar-refractivity contribution in [2.45, 2.75) is 45.6 Å². The van der Waals surface area contributed by atoms with Gasteiger partial charge in [-0.05, 0) is 41.5 Å². The van der Waals surface area contributed by atoms with Crippen LogP contribution in [0.3, 0.4) is 0 Å². The van der Waals surface area contributed by atoms with Crippen molar-refractivity contribution in [1.82, 2.24) is 0 Å². The highest BCUT2D eigenvalue weighted by molar-refractivity contribution is 8.18. The Morgan fingerprint density at radius 1 is 0.357 bits per heavy atom. The standard InChI is InChI=1S/C23H40O4S6.C16H26O4S3/c1-19(2)21(24)26-7-9-28-11-13-30-15-17-32-23(5,6)33-18-16-31-14-12-29-10-8-27-22(25)20(3)4;1-13(2)15(17)19-5-7-21-9-11-23-12-10-22-8-6-20-16(18)14(3)4/h1,3,7-18H2,2,4-6H3;1,3,5-12H2,2,4H3. The molecule has 8 nitrogen and oxygen atoms in total. The van der Waals surface area contributed by atoms with E-state index in [2.05, 4.69) is 40.2 Å². The van der Waals surface area contributed by atoms with E-state index in [0.717, 1.165) is 69.0 Å². The van der Waals surface area contributed by atoms with Crippen molar-refractivity contribution in [3.8, 4) is 0 Å². The highest BCUT2D eigenvalue weighted by Gasteiger charge is 2.18. The van der Waals surface area contributed by atoms with Gasteiger partial charge in [-0.2, -0.15) is 82.3 Å². The van der Waals surface area contributed by atoms with Crippen LogP contribution in [-0.2, 0) is 38.1 Å². The maximum Gasteiger partial charge on any atom is 0.333 e. The van der Waals surface area contributed by atoms with Gasteiger partial charge in [0.25, 0.3) is 0 Å². The Hall–Kier alpha value is -0.0100. The summed E-state index contributed by atoms with van der Waals surface area (Å²) in [6.45, 7) is 27.3. The molecule has 0 aromatic rings. The Kier molecular flexibility index (Phi) is 41.9. The van der Waals surface area contributed by atoms with Crippen LogP contribution in [0.4, 0.5) is 0 Å². The van der Waals surface area contributed by atoms with Crippen molar-refractivity contribution in [2.24, 2.45) is 0 Å². The summed E-state index contributed by atoms with van der Waals surface area (Å²) in [5.41, 5.74) is 1.80. The zero-order valence-electron chi connectivity index (χ0n) is 34.4. The van der Waals surface area contributed by atoms with E-state index in [1.54, 1.807) is 51.2 Å². The zero-order chi connectivity index (χ0) is 42.5. The molecule has 17 heteroatoms. The van der Waals surface area contributed by atoms with Gasteiger partial charge >= 0.3 is 23.9 Å². The first-order valence-electron chi connectivity index (χ1n) is 18.2. The molecule has 0 rings (SSSR count). The van der Waals surface area contributed by atoms with E-state index < -0.39 is 0 Å². The summed E-state index contributed by atoms with van der Waals surface area (Å²) >= 11 is 17.2. The Labute approximate surface area is 377 Å². The number of hydrogen-bond donors (Lipinski definition) is 0. The second-order valence-corrected chi connectivity index (χ2v) is 24.3. The van der Waals surface area contributed by atoms with E-state index >= 15 is 0 Å². The van der Waals surface area contributed by atoms with Gasteiger partial charge in [-0.3, -0.25) is 0 Å². The van der Waals surface area contributed by atoms with Crippen LogP contribution in [0.1, 0.15) is 41.5 Å². The van der Waals surface area contributed by atoms with Crippen LogP contribution in [0.25, 0.3) is 0 Å². The van der Waals surface area contributed by atoms with Gasteiger partial charge in [0.15, 0.2) is 0 Å². The Balaban J connectivity index is 0. The van der Waals surface area contributed by atoms with E-state index in [9.17, 15) is 19.2 Å². The third kappa shape index (κ3) is 42.1. The molecule has 0 N–H and O–H groups in total. The predicted molar refractivity (Wildman–Crippen MR) is 263 cm³/mol. The maximum absolute atomic E-state index is 11.3. The summed E-state index contributed by atoms with van der Waals surface area (Å²) in [4.78, 5) is 44.8. The van der Waals surface area contributed by atoms with Crippen LogP contribution in [0.15, 0.2) is 48.6 Å². The minimum Gasteiger partial charge on any atom is -0.461 e. The Morgan fingerprint density at radius 3 is 0.732 bits per heavy atom. The largest absolute Gasteiger partial charge is 0.461 e. The first kappa shape index (κ1) is 58.1. The lowest BCUT2D eigenvalue weighted by atomic mass is 10.4. The van der Waals surface area contributed by atoms with Gasteiger partial charge < -0.3 is 18.9 Å². The molecule has 0 unspecified atom stereocenters. The molecule has 0 aliphatic rings. The maximum atomic E-state index is 11.3. The van der Waals surface area contributed by atoms with Gasteiger partial charge in [-0.1, -0.05) is 26.3 Å². The van der Waals surface area contributed by atoms with Crippen molar-refractivity contribution >= 4 is 130 Å². The van der Waals surface area contributed by atoms with Crippen molar-refractivity contribution in [3.05, 3.63) is 48.6 Å². The number of thioether (sulfide) groups is 9. The monoisotopic (exact) mass is 950 g/mol. The van der Waals surface area contributed by atoms with E-state index in [1.807, 2.05) is 82.3 Å². The SMILES string of the molecule is C=C(C)C(=O)OCCSCCSCCSC(C)(C)SCCSCCSCCOC(=O)C(=C)C.C=C(C)C(=O)OCCSCCSCCSCCOC(=O)C(=C)C. The number of esters is 4. The highest BCUT2D eigenvalue weighted by atomic mass is 32.2. The number of ether oxygens (including phenoxy) is 4. The van der Waals surface area contributed by atoms with Crippen LogP contribution >= 0.6 is 106 Å². The molecule has 0 atom stereocenters. The third-order valence-electron chi connectivity index (χ3n) is 6.08. The smallest absolute Gasteiger partial charge is 0.333 e. The third-order valence-corrected chi connectivity index (χ3v) is 17.3. The fourth-order valence-corrected chi connectivity index (χ4v) is 12.6. The second-order valence-electron chi connectivity index (χ2n) is 12.0. The summed E-state index contributed by atoms with van der Waals surface area (Å²) in [5.74, 6) is 15.5. The van der Waals surface area contributed by atoms with Crippen LogP contribution < -0.4 is 0 Å². The van der Waals surface area contributed by atoms with Crippen LogP contribution in [0, 0.1) is 0 Å². The number of carbonyl (C=O) groups excluding carboxylic acids is 4. The summed E-state index contributed by atoms with van der Waals surface area (Å²) in [7, 11) is 0. The fourth-order valence-electron chi connectivity index (χ4n) is 3.19. The molecular formula is C39H66O8S9. The normalized spacial score (nSPS) is 10.8. The van der Waals surface area contributed by atoms with Gasteiger partial charge in [0.2, 0.25) is 0 Å². The summed E-state index contributed by atoms with van der Waals surface area (Å²) < 4.78 is 20.4. The highest BCUT2D eigenvalue weighted by Crippen LogP contribution is 2.37. The lowest BCUT2D eigenvalue weighted by molar-refractivity contribution is -0.139. The fraction of sp³-hybridized carbons (Fsp3) is 0.692. The summed E-state index contributed by atoms with van der Waals surface area (Å²) in [5, 5.41) is 0. The first-order valence-corrected chi connectivity index (χ1v) is 28.3. The molecule has 0 aromatic heterocycles. The average Bonchev–Trinajstić information content (AvgIpc) is 3.14. The van der Waals surface area contributed by atoms with Gasteiger partial charge in [-0.15, -0.1) is 23.5 Å². The lowest BCUT2D eigenvalue weighted by Crippen LogP contribution is -2.12. The molecule has 0 saturated carbocycles. The van der Waals surface area contributed by atoms with Gasteiger partial charge in [0.1, 0.15) is 26.4 Å². The molecule has 0 fully saturated rings. The summed E-state index contributed by atoms with van der Waals surface area (Å²) in [6.07, 6.45) is 0. The number of carbonyl (C=O) groups is 4. The molecule has 0 bridgehead atoms. The number of rotatable bonds is 36. The predicted octanol–water partition coefficient (Wildman–Crippen LogP) is 9.78. The number of hydrogen-bond acceptors (Lipinski definition) is 17. The Bertz CT molecular complexity index is 1070. The minimum atomic E-state index is -0.314. The quantitative estimate of drug-likeness (QED) is 0.0196. The molecule has 0 heterocycles. The van der Waals surface area contributed by atoms with E-state index in [1.165, 1.54) is 23.0 Å². The van der Waals surface area contributed by atoms with Crippen LogP contribution in [0.2, 0.25) is 0 Å². The van der Waals surface area contributed by atoms with Crippen LogP contribution in [-0.4, -0.2) is 146 Å². The van der Waals surface area contributed by atoms with Crippen LogP contribution in [0.5, 0.6) is 0 Å².